The van der Waals surface area contributed by atoms with E-state index in [-0.39, 0.29) is 11.9 Å². The molecule has 5 heteroatoms. The third kappa shape index (κ3) is 4.30. The predicted molar refractivity (Wildman–Crippen MR) is 114 cm³/mol. The van der Waals surface area contributed by atoms with Gasteiger partial charge in [-0.3, -0.25) is 4.79 Å². The number of rotatable bonds is 7. The molecule has 3 aromatic rings. The number of aromatic nitrogens is 2. The van der Waals surface area contributed by atoms with Crippen LogP contribution in [-0.2, 0) is 17.6 Å². The molecule has 0 saturated heterocycles. The number of nitrogens with zero attached hydrogens (tertiary/aromatic N) is 1. The highest BCUT2D eigenvalue weighted by molar-refractivity contribution is 8.00. The van der Waals surface area contributed by atoms with Crippen molar-refractivity contribution in [1.82, 2.24) is 15.3 Å². The highest BCUT2D eigenvalue weighted by atomic mass is 32.2. The molecule has 2 N–H and O–H groups in total. The van der Waals surface area contributed by atoms with E-state index in [9.17, 15) is 4.79 Å². The van der Waals surface area contributed by atoms with Gasteiger partial charge in [0, 0.05) is 4.90 Å². The molecule has 1 aromatic heterocycles. The van der Waals surface area contributed by atoms with Crippen molar-refractivity contribution in [2.24, 2.45) is 0 Å². The van der Waals surface area contributed by atoms with Crippen molar-refractivity contribution in [3.05, 3.63) is 71.7 Å². The van der Waals surface area contributed by atoms with Crippen molar-refractivity contribution in [2.45, 2.75) is 43.5 Å². The summed E-state index contributed by atoms with van der Waals surface area (Å²) in [6.07, 6.45) is 6.22. The lowest BCUT2D eigenvalue weighted by atomic mass is 10.1. The molecule has 0 bridgehead atoms. The molecule has 1 atom stereocenters. The molecule has 0 fully saturated rings. The zero-order chi connectivity index (χ0) is 19.3. The van der Waals surface area contributed by atoms with Crippen LogP contribution < -0.4 is 5.32 Å². The maximum Gasteiger partial charge on any atom is 0.230 e. The Balaban J connectivity index is 1.35. The van der Waals surface area contributed by atoms with Crippen LogP contribution in [-0.4, -0.2) is 21.6 Å². The van der Waals surface area contributed by atoms with Crippen LogP contribution in [0.5, 0.6) is 0 Å². The average molecular weight is 392 g/mol. The highest BCUT2D eigenvalue weighted by Gasteiger charge is 2.17. The van der Waals surface area contributed by atoms with Gasteiger partial charge in [0.1, 0.15) is 5.82 Å². The Morgan fingerprint density at radius 2 is 2.00 bits per heavy atom. The Hall–Kier alpha value is -2.53. The second-order valence-electron chi connectivity index (χ2n) is 7.15. The number of carbonyl (C=O) groups is 1. The summed E-state index contributed by atoms with van der Waals surface area (Å²) in [7, 11) is 0. The molecule has 4 nitrogen and oxygen atoms in total. The number of hydrogen-bond acceptors (Lipinski definition) is 3. The summed E-state index contributed by atoms with van der Waals surface area (Å²) in [5.74, 6) is 1.26. The van der Waals surface area contributed by atoms with Gasteiger partial charge >= 0.3 is 0 Å². The molecule has 1 aliphatic rings. The fourth-order valence-electron chi connectivity index (χ4n) is 3.66. The molecule has 0 spiro atoms. The zero-order valence-corrected chi connectivity index (χ0v) is 16.9. The van der Waals surface area contributed by atoms with Crippen molar-refractivity contribution in [3.8, 4) is 11.3 Å². The first kappa shape index (κ1) is 18.8. The first-order chi connectivity index (χ1) is 13.7. The third-order valence-corrected chi connectivity index (χ3v) is 6.19. The number of carbonyl (C=O) groups excluding carboxylic acids is 1. The Morgan fingerprint density at radius 1 is 1.18 bits per heavy atom. The number of aryl methyl sites for hydroxylation is 2. The van der Waals surface area contributed by atoms with Gasteiger partial charge in [-0.15, -0.1) is 11.8 Å². The van der Waals surface area contributed by atoms with Crippen LogP contribution in [0, 0.1) is 0 Å². The summed E-state index contributed by atoms with van der Waals surface area (Å²) in [5, 5.41) is 3.12. The van der Waals surface area contributed by atoms with Crippen molar-refractivity contribution >= 4 is 17.7 Å². The van der Waals surface area contributed by atoms with Crippen LogP contribution in [0.15, 0.2) is 59.6 Å². The summed E-state index contributed by atoms with van der Waals surface area (Å²) in [4.78, 5) is 21.5. The third-order valence-electron chi connectivity index (χ3n) is 5.19. The molecular weight excluding hydrogens is 366 g/mol. The van der Waals surface area contributed by atoms with Gasteiger partial charge in [-0.05, 0) is 54.5 Å². The minimum atomic E-state index is -0.106. The first-order valence-electron chi connectivity index (χ1n) is 9.87. The number of benzene rings is 2. The minimum Gasteiger partial charge on any atom is -0.345 e. The SMILES string of the molecule is CCC(NC(=O)CSc1ccc2c(c1)CCC2)c1ncc(-c2ccccc2)[nH]1. The van der Waals surface area contributed by atoms with E-state index >= 15 is 0 Å². The lowest BCUT2D eigenvalue weighted by Crippen LogP contribution is -2.30. The number of thioether (sulfide) groups is 1. The van der Waals surface area contributed by atoms with Crippen LogP contribution in [0.4, 0.5) is 0 Å². The maximum atomic E-state index is 12.5. The van der Waals surface area contributed by atoms with Crippen LogP contribution in [0.1, 0.15) is 42.8 Å². The molecule has 1 amide bonds. The van der Waals surface area contributed by atoms with E-state index in [0.29, 0.717) is 5.75 Å². The fourth-order valence-corrected chi connectivity index (χ4v) is 4.44. The molecule has 0 saturated carbocycles. The molecule has 144 valence electrons. The van der Waals surface area contributed by atoms with Crippen LogP contribution in [0.3, 0.4) is 0 Å². The second kappa shape index (κ2) is 8.65. The predicted octanol–water partition coefficient (Wildman–Crippen LogP) is 4.93. The van der Waals surface area contributed by atoms with E-state index in [1.807, 2.05) is 36.5 Å². The molecule has 28 heavy (non-hydrogen) atoms. The number of nitrogens with one attached hydrogen (secondary N) is 2. The largest absolute Gasteiger partial charge is 0.345 e. The van der Waals surface area contributed by atoms with Crippen LogP contribution >= 0.6 is 11.8 Å². The summed E-state index contributed by atoms with van der Waals surface area (Å²) < 4.78 is 0. The number of H-pyrrole nitrogens is 1. The molecule has 0 aliphatic heterocycles. The van der Waals surface area contributed by atoms with E-state index in [1.165, 1.54) is 28.9 Å². The fraction of sp³-hybridized carbons (Fsp3) is 0.304. The second-order valence-corrected chi connectivity index (χ2v) is 8.20. The van der Waals surface area contributed by atoms with Gasteiger partial charge < -0.3 is 10.3 Å². The summed E-state index contributed by atoms with van der Waals surface area (Å²) in [6.45, 7) is 2.06. The number of aromatic amines is 1. The van der Waals surface area contributed by atoms with E-state index in [2.05, 4.69) is 40.4 Å². The normalized spacial score (nSPS) is 13.9. The average Bonchev–Trinajstić information content (AvgIpc) is 3.40. The molecule has 1 unspecified atom stereocenters. The number of fused-ring (bicyclic) bond motifs is 1. The van der Waals surface area contributed by atoms with Gasteiger partial charge in [0.15, 0.2) is 0 Å². The van der Waals surface area contributed by atoms with Crippen LogP contribution in [0.25, 0.3) is 11.3 Å². The van der Waals surface area contributed by atoms with Gasteiger partial charge in [-0.25, -0.2) is 4.98 Å². The van der Waals surface area contributed by atoms with Crippen molar-refractivity contribution in [1.29, 1.82) is 0 Å². The van der Waals surface area contributed by atoms with Crippen LogP contribution in [0.2, 0.25) is 0 Å². The van der Waals surface area contributed by atoms with Gasteiger partial charge in [0.2, 0.25) is 5.91 Å². The topological polar surface area (TPSA) is 57.8 Å². The molecule has 4 rings (SSSR count). The molecule has 1 heterocycles. The lowest BCUT2D eigenvalue weighted by Gasteiger charge is -2.15. The van der Waals surface area contributed by atoms with E-state index in [4.69, 9.17) is 0 Å². The summed E-state index contributed by atoms with van der Waals surface area (Å²) in [5.41, 5.74) is 4.97. The quantitative estimate of drug-likeness (QED) is 0.562. The lowest BCUT2D eigenvalue weighted by molar-refractivity contribution is -0.119. The number of amides is 1. The molecule has 2 aromatic carbocycles. The van der Waals surface area contributed by atoms with Gasteiger partial charge in [0.05, 0.1) is 23.7 Å². The standard InChI is InChI=1S/C23H25N3OS/c1-2-20(23-24-14-21(26-23)17-7-4-3-5-8-17)25-22(27)15-28-19-12-11-16-9-6-10-18(16)13-19/h3-5,7-8,11-14,20H,2,6,9-10,15H2,1H3,(H,24,26)(H,25,27). The van der Waals surface area contributed by atoms with Crippen molar-refractivity contribution in [2.75, 3.05) is 5.75 Å². The van der Waals surface area contributed by atoms with Gasteiger partial charge in [-0.2, -0.15) is 0 Å². The maximum absolute atomic E-state index is 12.5. The van der Waals surface area contributed by atoms with E-state index in [1.54, 1.807) is 11.8 Å². The highest BCUT2D eigenvalue weighted by Crippen LogP contribution is 2.27. The van der Waals surface area contributed by atoms with Gasteiger partial charge in [-0.1, -0.05) is 43.3 Å². The van der Waals surface area contributed by atoms with Crippen molar-refractivity contribution in [3.63, 3.8) is 0 Å². The zero-order valence-electron chi connectivity index (χ0n) is 16.1. The first-order valence-corrected chi connectivity index (χ1v) is 10.9. The Labute approximate surface area is 170 Å². The summed E-state index contributed by atoms with van der Waals surface area (Å²) >= 11 is 1.60. The van der Waals surface area contributed by atoms with E-state index in [0.717, 1.165) is 29.9 Å². The molecular formula is C23H25N3OS. The summed E-state index contributed by atoms with van der Waals surface area (Å²) in [6, 6.07) is 16.6. The van der Waals surface area contributed by atoms with Crippen molar-refractivity contribution < 1.29 is 4.79 Å². The Kier molecular flexibility index (Phi) is 5.81. The number of imidazole rings is 1. The smallest absolute Gasteiger partial charge is 0.230 e. The van der Waals surface area contributed by atoms with Gasteiger partial charge in [0.25, 0.3) is 0 Å². The molecule has 1 aliphatic carbocycles. The Morgan fingerprint density at radius 3 is 2.82 bits per heavy atom. The minimum absolute atomic E-state index is 0.0370. The monoisotopic (exact) mass is 391 g/mol. The Bertz CT molecular complexity index is 951. The number of hydrogen-bond donors (Lipinski definition) is 2. The van der Waals surface area contributed by atoms with E-state index < -0.39 is 0 Å². The molecule has 0 radical (unpaired) electrons.